The lowest BCUT2D eigenvalue weighted by molar-refractivity contribution is 0.0655. The van der Waals surface area contributed by atoms with E-state index in [1.54, 1.807) is 4.90 Å². The van der Waals surface area contributed by atoms with Crippen molar-refractivity contribution in [2.45, 2.75) is 25.8 Å². The predicted molar refractivity (Wildman–Crippen MR) is 68.6 cm³/mol. The number of likely N-dealkylation sites (tertiary alicyclic amines) is 1. The van der Waals surface area contributed by atoms with Crippen LogP contribution in [0.1, 0.15) is 30.1 Å². The van der Waals surface area contributed by atoms with Crippen LogP contribution in [0.4, 0.5) is 8.78 Å². The summed E-state index contributed by atoms with van der Waals surface area (Å²) in [7, 11) is 0. The molecule has 0 saturated carbocycles. The lowest BCUT2D eigenvalue weighted by Gasteiger charge is -2.34. The molecule has 1 aromatic rings. The third-order valence-electron chi connectivity index (χ3n) is 3.67. The average molecular weight is 268 g/mol. The number of hydrogen-bond donors (Lipinski definition) is 1. The molecular weight excluding hydrogens is 250 g/mol. The van der Waals surface area contributed by atoms with E-state index in [-0.39, 0.29) is 17.5 Å². The van der Waals surface area contributed by atoms with Crippen LogP contribution in [-0.2, 0) is 0 Å². The second kappa shape index (κ2) is 5.65. The Labute approximate surface area is 111 Å². The molecule has 19 heavy (non-hydrogen) atoms. The molecule has 104 valence electrons. The van der Waals surface area contributed by atoms with Gasteiger partial charge in [-0.1, -0.05) is 6.07 Å². The van der Waals surface area contributed by atoms with Crippen molar-refractivity contribution < 1.29 is 13.6 Å². The van der Waals surface area contributed by atoms with E-state index in [4.69, 9.17) is 5.73 Å². The van der Waals surface area contributed by atoms with Crippen LogP contribution in [0.25, 0.3) is 0 Å². The zero-order chi connectivity index (χ0) is 14.0. The summed E-state index contributed by atoms with van der Waals surface area (Å²) < 4.78 is 26.8. The number of benzene rings is 1. The van der Waals surface area contributed by atoms with Crippen molar-refractivity contribution in [1.29, 1.82) is 0 Å². The van der Waals surface area contributed by atoms with Crippen molar-refractivity contribution in [3.8, 4) is 0 Å². The number of amides is 1. The molecule has 3 nitrogen and oxygen atoms in total. The van der Waals surface area contributed by atoms with Crippen LogP contribution in [0.5, 0.6) is 0 Å². The van der Waals surface area contributed by atoms with Crippen LogP contribution in [0.15, 0.2) is 18.2 Å². The highest BCUT2D eigenvalue weighted by Gasteiger charge is 2.28. The van der Waals surface area contributed by atoms with Crippen LogP contribution in [0.3, 0.4) is 0 Å². The minimum absolute atomic E-state index is 0.00652. The van der Waals surface area contributed by atoms with Crippen LogP contribution < -0.4 is 5.73 Å². The van der Waals surface area contributed by atoms with Gasteiger partial charge < -0.3 is 10.6 Å². The molecule has 1 aliphatic heterocycles. The highest BCUT2D eigenvalue weighted by molar-refractivity contribution is 5.94. The number of halogens is 2. The van der Waals surface area contributed by atoms with E-state index in [0.717, 1.165) is 18.9 Å². The molecule has 1 heterocycles. The maximum atomic E-state index is 13.6. The molecule has 2 unspecified atom stereocenters. The third kappa shape index (κ3) is 2.92. The molecule has 2 atom stereocenters. The Morgan fingerprint density at radius 3 is 2.89 bits per heavy atom. The van der Waals surface area contributed by atoms with Gasteiger partial charge in [0.05, 0.1) is 5.56 Å². The van der Waals surface area contributed by atoms with Crippen LogP contribution in [-0.4, -0.2) is 29.9 Å². The first-order valence-corrected chi connectivity index (χ1v) is 6.49. The smallest absolute Gasteiger partial charge is 0.256 e. The summed E-state index contributed by atoms with van der Waals surface area (Å²) in [6, 6.07) is 3.66. The highest BCUT2D eigenvalue weighted by atomic mass is 19.2. The van der Waals surface area contributed by atoms with Crippen molar-refractivity contribution in [2.24, 2.45) is 11.7 Å². The lowest BCUT2D eigenvalue weighted by atomic mass is 9.92. The molecule has 1 fully saturated rings. The summed E-state index contributed by atoms with van der Waals surface area (Å²) in [5.41, 5.74) is 5.65. The standard InChI is InChI=1S/C14H18F2N2O/c1-9(17)10-4-3-7-18(8-10)14(19)11-5-2-6-12(15)13(11)16/h2,5-6,9-10H,3-4,7-8,17H2,1H3. The number of hydrogen-bond acceptors (Lipinski definition) is 2. The van der Waals surface area contributed by atoms with E-state index < -0.39 is 17.5 Å². The number of nitrogens with two attached hydrogens (primary N) is 1. The molecule has 0 bridgehead atoms. The quantitative estimate of drug-likeness (QED) is 0.893. The molecule has 0 aromatic heterocycles. The van der Waals surface area contributed by atoms with E-state index in [0.29, 0.717) is 13.1 Å². The van der Waals surface area contributed by atoms with E-state index in [9.17, 15) is 13.6 Å². The first-order chi connectivity index (χ1) is 9.00. The molecule has 1 aromatic carbocycles. The van der Waals surface area contributed by atoms with Gasteiger partial charge in [-0.25, -0.2) is 8.78 Å². The number of nitrogens with zero attached hydrogens (tertiary/aromatic N) is 1. The lowest BCUT2D eigenvalue weighted by Crippen LogP contribution is -2.45. The summed E-state index contributed by atoms with van der Waals surface area (Å²) in [5, 5.41) is 0. The van der Waals surface area contributed by atoms with Crippen molar-refractivity contribution in [1.82, 2.24) is 4.90 Å². The third-order valence-corrected chi connectivity index (χ3v) is 3.67. The van der Waals surface area contributed by atoms with E-state index >= 15 is 0 Å². The minimum atomic E-state index is -1.07. The summed E-state index contributed by atoms with van der Waals surface area (Å²) in [6.45, 7) is 2.98. The van der Waals surface area contributed by atoms with E-state index in [2.05, 4.69) is 0 Å². The zero-order valence-corrected chi connectivity index (χ0v) is 10.9. The van der Waals surface area contributed by atoms with Gasteiger partial charge in [-0.15, -0.1) is 0 Å². The second-order valence-corrected chi connectivity index (χ2v) is 5.11. The van der Waals surface area contributed by atoms with Crippen molar-refractivity contribution in [2.75, 3.05) is 13.1 Å². The Morgan fingerprint density at radius 1 is 1.47 bits per heavy atom. The summed E-state index contributed by atoms with van der Waals surface area (Å²) in [4.78, 5) is 13.8. The normalized spacial score (nSPS) is 21.3. The highest BCUT2D eigenvalue weighted by Crippen LogP contribution is 2.22. The molecule has 5 heteroatoms. The SMILES string of the molecule is CC(N)C1CCCN(C(=O)c2cccc(F)c2F)C1. The molecular formula is C14H18F2N2O. The maximum Gasteiger partial charge on any atom is 0.256 e. The number of rotatable bonds is 2. The number of carbonyl (C=O) groups excluding carboxylic acids is 1. The van der Waals surface area contributed by atoms with Crippen LogP contribution >= 0.6 is 0 Å². The molecule has 2 N–H and O–H groups in total. The predicted octanol–water partition coefficient (Wildman–Crippen LogP) is 2.16. The van der Waals surface area contributed by atoms with Gasteiger partial charge in [0.2, 0.25) is 0 Å². The van der Waals surface area contributed by atoms with Gasteiger partial charge in [-0.3, -0.25) is 4.79 Å². The average Bonchev–Trinajstić information content (AvgIpc) is 2.41. The number of carbonyl (C=O) groups is 1. The first-order valence-electron chi connectivity index (χ1n) is 6.49. The molecule has 1 amide bonds. The fourth-order valence-corrected chi connectivity index (χ4v) is 2.46. The van der Waals surface area contributed by atoms with E-state index in [1.807, 2.05) is 6.92 Å². The first kappa shape index (κ1) is 13.9. The molecule has 0 radical (unpaired) electrons. The second-order valence-electron chi connectivity index (χ2n) is 5.11. The minimum Gasteiger partial charge on any atom is -0.338 e. The van der Waals surface area contributed by atoms with Gasteiger partial charge >= 0.3 is 0 Å². The molecule has 1 aliphatic rings. The fourth-order valence-electron chi connectivity index (χ4n) is 2.46. The summed E-state index contributed by atoms with van der Waals surface area (Å²) >= 11 is 0. The molecule has 0 spiro atoms. The van der Waals surface area contributed by atoms with Crippen molar-refractivity contribution >= 4 is 5.91 Å². The maximum absolute atomic E-state index is 13.6. The Hall–Kier alpha value is -1.49. The van der Waals surface area contributed by atoms with Gasteiger partial charge in [-0.2, -0.15) is 0 Å². The van der Waals surface area contributed by atoms with Crippen molar-refractivity contribution in [3.63, 3.8) is 0 Å². The molecule has 1 saturated heterocycles. The zero-order valence-electron chi connectivity index (χ0n) is 10.9. The Morgan fingerprint density at radius 2 is 2.21 bits per heavy atom. The molecule has 2 rings (SSSR count). The Balaban J connectivity index is 2.17. The van der Waals surface area contributed by atoms with Gasteiger partial charge in [0.1, 0.15) is 0 Å². The van der Waals surface area contributed by atoms with Crippen molar-refractivity contribution in [3.05, 3.63) is 35.4 Å². The van der Waals surface area contributed by atoms with Gasteiger partial charge in [0, 0.05) is 19.1 Å². The summed E-state index contributed by atoms with van der Waals surface area (Å²) in [6.07, 6.45) is 1.81. The van der Waals surface area contributed by atoms with Gasteiger partial charge in [-0.05, 0) is 37.8 Å². The number of piperidine rings is 1. The monoisotopic (exact) mass is 268 g/mol. The van der Waals surface area contributed by atoms with Crippen LogP contribution in [0.2, 0.25) is 0 Å². The van der Waals surface area contributed by atoms with Gasteiger partial charge in [0.25, 0.3) is 5.91 Å². The summed E-state index contributed by atoms with van der Waals surface area (Å²) in [5.74, 6) is -2.31. The topological polar surface area (TPSA) is 46.3 Å². The van der Waals surface area contributed by atoms with E-state index in [1.165, 1.54) is 12.1 Å². The largest absolute Gasteiger partial charge is 0.338 e. The molecule has 0 aliphatic carbocycles. The van der Waals surface area contributed by atoms with Crippen LogP contribution in [0, 0.1) is 17.6 Å². The Kier molecular flexibility index (Phi) is 4.14. The fraction of sp³-hybridized carbons (Fsp3) is 0.500. The Bertz CT molecular complexity index is 477. The van der Waals surface area contributed by atoms with Gasteiger partial charge in [0.15, 0.2) is 11.6 Å².